The van der Waals surface area contributed by atoms with Gasteiger partial charge in [-0.25, -0.2) is 8.42 Å². The number of hydrogen-bond acceptors (Lipinski definition) is 3. The highest BCUT2D eigenvalue weighted by Crippen LogP contribution is 2.28. The van der Waals surface area contributed by atoms with Crippen molar-refractivity contribution in [2.75, 3.05) is 18.4 Å². The lowest BCUT2D eigenvalue weighted by Gasteiger charge is -2.22. The normalized spacial score (nSPS) is 12.5. The zero-order valence-corrected chi connectivity index (χ0v) is 18.1. The van der Waals surface area contributed by atoms with Gasteiger partial charge in [-0.2, -0.15) is 4.31 Å². The van der Waals surface area contributed by atoms with Crippen LogP contribution in [0.15, 0.2) is 17.0 Å². The number of benzene rings is 1. The molecule has 0 heterocycles. The monoisotopic (exact) mass is 382 g/mol. The predicted octanol–water partition coefficient (Wildman–Crippen LogP) is 4.49. The van der Waals surface area contributed by atoms with Gasteiger partial charge in [-0.05, 0) is 48.9 Å². The highest BCUT2D eigenvalue weighted by atomic mass is 32.2. The molecule has 0 saturated carbocycles. The van der Waals surface area contributed by atoms with Gasteiger partial charge in [0.15, 0.2) is 0 Å². The highest BCUT2D eigenvalue weighted by Gasteiger charge is 2.24. The molecule has 0 aromatic heterocycles. The van der Waals surface area contributed by atoms with E-state index in [9.17, 15) is 13.2 Å². The quantitative estimate of drug-likeness (QED) is 0.684. The average Bonchev–Trinajstić information content (AvgIpc) is 2.57. The number of carbonyl (C=O) groups is 1. The van der Waals surface area contributed by atoms with Crippen molar-refractivity contribution in [1.82, 2.24) is 4.31 Å². The van der Waals surface area contributed by atoms with Crippen LogP contribution in [0.3, 0.4) is 0 Å². The van der Waals surface area contributed by atoms with Crippen molar-refractivity contribution in [1.29, 1.82) is 0 Å². The third kappa shape index (κ3) is 5.55. The van der Waals surface area contributed by atoms with Gasteiger partial charge in [0.2, 0.25) is 15.9 Å². The van der Waals surface area contributed by atoms with E-state index in [-0.39, 0.29) is 16.2 Å². The van der Waals surface area contributed by atoms with Gasteiger partial charge in [-0.1, -0.05) is 41.0 Å². The maximum atomic E-state index is 12.8. The summed E-state index contributed by atoms with van der Waals surface area (Å²) in [4.78, 5) is 12.6. The minimum atomic E-state index is -3.56. The number of nitrogens with one attached hydrogen (secondary N) is 1. The van der Waals surface area contributed by atoms with E-state index in [4.69, 9.17) is 0 Å². The van der Waals surface area contributed by atoms with Gasteiger partial charge >= 0.3 is 0 Å². The molecule has 0 radical (unpaired) electrons. The first-order valence-corrected chi connectivity index (χ1v) is 10.8. The smallest absolute Gasteiger partial charge is 0.243 e. The SMILES string of the molecule is CCN(CC)S(=O)(=O)c1cc(C)c(C)c(NC(=O)CCC(C)(C)CC)c1. The molecule has 1 aromatic carbocycles. The van der Waals surface area contributed by atoms with Crippen LogP contribution in [0.2, 0.25) is 0 Å². The summed E-state index contributed by atoms with van der Waals surface area (Å²) in [5.41, 5.74) is 2.44. The van der Waals surface area contributed by atoms with E-state index in [2.05, 4.69) is 26.1 Å². The third-order valence-electron chi connectivity index (χ3n) is 5.24. The average molecular weight is 383 g/mol. The summed E-state index contributed by atoms with van der Waals surface area (Å²) >= 11 is 0. The summed E-state index contributed by atoms with van der Waals surface area (Å²) in [6.45, 7) is 14.6. The third-order valence-corrected chi connectivity index (χ3v) is 7.27. The van der Waals surface area contributed by atoms with E-state index in [1.807, 2.05) is 27.7 Å². The number of sulfonamides is 1. The maximum absolute atomic E-state index is 12.8. The van der Waals surface area contributed by atoms with Crippen LogP contribution < -0.4 is 5.32 Å². The predicted molar refractivity (Wildman–Crippen MR) is 108 cm³/mol. The van der Waals surface area contributed by atoms with Crippen LogP contribution in [0.1, 0.15) is 65.0 Å². The molecule has 5 nitrogen and oxygen atoms in total. The number of rotatable bonds is 9. The van der Waals surface area contributed by atoms with Crippen LogP contribution in [0.25, 0.3) is 0 Å². The molecule has 1 aromatic rings. The molecule has 0 atom stereocenters. The van der Waals surface area contributed by atoms with Crippen molar-refractivity contribution in [3.63, 3.8) is 0 Å². The number of nitrogens with zero attached hydrogens (tertiary/aromatic N) is 1. The van der Waals surface area contributed by atoms with Gasteiger partial charge in [0, 0.05) is 25.2 Å². The molecule has 0 aliphatic heterocycles. The van der Waals surface area contributed by atoms with Gasteiger partial charge in [0.1, 0.15) is 0 Å². The molecule has 0 bridgehead atoms. The van der Waals surface area contributed by atoms with E-state index in [0.717, 1.165) is 24.0 Å². The first-order valence-electron chi connectivity index (χ1n) is 9.39. The Hall–Kier alpha value is -1.40. The zero-order chi connectivity index (χ0) is 20.1. The van der Waals surface area contributed by atoms with E-state index in [0.29, 0.717) is 25.2 Å². The molecule has 0 fully saturated rings. The zero-order valence-electron chi connectivity index (χ0n) is 17.3. The fourth-order valence-corrected chi connectivity index (χ4v) is 4.23. The molecule has 1 rings (SSSR count). The largest absolute Gasteiger partial charge is 0.326 e. The van der Waals surface area contributed by atoms with Gasteiger partial charge < -0.3 is 5.32 Å². The summed E-state index contributed by atoms with van der Waals surface area (Å²) in [6.07, 6.45) is 2.23. The first-order chi connectivity index (χ1) is 12.0. The molecule has 1 amide bonds. The molecule has 0 unspecified atom stereocenters. The number of amides is 1. The molecule has 148 valence electrons. The van der Waals surface area contributed by atoms with Gasteiger partial charge in [-0.15, -0.1) is 0 Å². The van der Waals surface area contributed by atoms with Crippen LogP contribution in [0, 0.1) is 19.3 Å². The van der Waals surface area contributed by atoms with Gasteiger partial charge in [-0.3, -0.25) is 4.79 Å². The molecule has 26 heavy (non-hydrogen) atoms. The van der Waals surface area contributed by atoms with Crippen molar-refractivity contribution in [3.8, 4) is 0 Å². The molecule has 0 aliphatic rings. The van der Waals surface area contributed by atoms with Crippen LogP contribution in [0.4, 0.5) is 5.69 Å². The van der Waals surface area contributed by atoms with Crippen LogP contribution in [-0.2, 0) is 14.8 Å². The fourth-order valence-electron chi connectivity index (χ4n) is 2.66. The molecule has 1 N–H and O–H groups in total. The van der Waals surface area contributed by atoms with Crippen molar-refractivity contribution in [3.05, 3.63) is 23.3 Å². The molecular weight excluding hydrogens is 348 g/mol. The number of carbonyl (C=O) groups excluding carboxylic acids is 1. The number of hydrogen-bond donors (Lipinski definition) is 1. The second-order valence-electron chi connectivity index (χ2n) is 7.57. The van der Waals surface area contributed by atoms with Crippen molar-refractivity contribution < 1.29 is 13.2 Å². The van der Waals surface area contributed by atoms with Crippen molar-refractivity contribution >= 4 is 21.6 Å². The first kappa shape index (κ1) is 22.6. The second-order valence-corrected chi connectivity index (χ2v) is 9.51. The lowest BCUT2D eigenvalue weighted by molar-refractivity contribution is -0.116. The second kappa shape index (κ2) is 9.00. The van der Waals surface area contributed by atoms with Gasteiger partial charge in [0.25, 0.3) is 0 Å². The summed E-state index contributed by atoms with van der Waals surface area (Å²) in [7, 11) is -3.56. The lowest BCUT2D eigenvalue weighted by Crippen LogP contribution is -2.30. The summed E-state index contributed by atoms with van der Waals surface area (Å²) in [5.74, 6) is -0.0774. The Balaban J connectivity index is 3.10. The van der Waals surface area contributed by atoms with Crippen LogP contribution in [0.5, 0.6) is 0 Å². The minimum Gasteiger partial charge on any atom is -0.326 e. The van der Waals surface area contributed by atoms with Crippen LogP contribution in [-0.4, -0.2) is 31.7 Å². The highest BCUT2D eigenvalue weighted by molar-refractivity contribution is 7.89. The molecule has 0 aliphatic carbocycles. The Morgan fingerprint density at radius 1 is 1.12 bits per heavy atom. The van der Waals surface area contributed by atoms with Crippen molar-refractivity contribution in [2.45, 2.75) is 72.6 Å². The Bertz CT molecular complexity index is 736. The molecule has 6 heteroatoms. The Labute approximate surface area is 159 Å². The van der Waals surface area contributed by atoms with E-state index in [1.54, 1.807) is 12.1 Å². The summed E-state index contributed by atoms with van der Waals surface area (Å²) in [6, 6.07) is 3.26. The standard InChI is InChI=1S/C20H34N2O3S/c1-8-20(6,7)12-11-19(23)21-18-14-17(13-15(4)16(18)5)26(24,25)22(9-2)10-3/h13-14H,8-12H2,1-7H3,(H,21,23). The fraction of sp³-hybridized carbons (Fsp3) is 0.650. The summed E-state index contributed by atoms with van der Waals surface area (Å²) in [5, 5.41) is 2.91. The maximum Gasteiger partial charge on any atom is 0.243 e. The number of aryl methyl sites for hydroxylation is 1. The summed E-state index contributed by atoms with van der Waals surface area (Å²) < 4.78 is 27.0. The Morgan fingerprint density at radius 2 is 1.69 bits per heavy atom. The minimum absolute atomic E-state index is 0.0774. The Morgan fingerprint density at radius 3 is 2.19 bits per heavy atom. The van der Waals surface area contributed by atoms with E-state index >= 15 is 0 Å². The Kier molecular flexibility index (Phi) is 7.84. The van der Waals surface area contributed by atoms with E-state index < -0.39 is 10.0 Å². The number of anilines is 1. The molecule has 0 saturated heterocycles. The molecule has 0 spiro atoms. The topological polar surface area (TPSA) is 66.5 Å². The molecular formula is C20H34N2O3S. The van der Waals surface area contributed by atoms with Crippen molar-refractivity contribution in [2.24, 2.45) is 5.41 Å². The lowest BCUT2D eigenvalue weighted by atomic mass is 9.85. The van der Waals surface area contributed by atoms with Crippen LogP contribution >= 0.6 is 0 Å². The van der Waals surface area contributed by atoms with Gasteiger partial charge in [0.05, 0.1) is 4.90 Å². The van der Waals surface area contributed by atoms with E-state index in [1.165, 1.54) is 4.31 Å².